The number of hydrogen-bond donors (Lipinski definition) is 0. The molecule has 0 aliphatic heterocycles. The molecule has 0 N–H and O–H groups in total. The third kappa shape index (κ3) is 4.36. The topological polar surface area (TPSA) is 21.6 Å². The van der Waals surface area contributed by atoms with Crippen molar-refractivity contribution in [1.82, 2.24) is 0 Å². The van der Waals surface area contributed by atoms with E-state index in [4.69, 9.17) is 7.48 Å². The van der Waals surface area contributed by atoms with Gasteiger partial charge in [0.1, 0.15) is 0 Å². The number of hydrogen-bond acceptors (Lipinski definition) is 2. The van der Waals surface area contributed by atoms with E-state index in [2.05, 4.69) is 4.99 Å². The molecule has 0 aromatic carbocycles. The molecule has 0 saturated carbocycles. The highest BCUT2D eigenvalue weighted by atomic mass is 16.5. The maximum atomic E-state index is 7.75. The van der Waals surface area contributed by atoms with Gasteiger partial charge in [0, 0.05) is 16.2 Å². The van der Waals surface area contributed by atoms with Gasteiger partial charge >= 0.3 is 0 Å². The Labute approximate surface area is 66.1 Å². The highest BCUT2D eigenvalue weighted by molar-refractivity contribution is 5.76. The molecule has 2 nitrogen and oxygen atoms in total. The number of aliphatic imine (C=N–C) groups is 1. The Bertz CT molecular complexity index is 182. The Hall–Kier alpha value is -0.530. The molecule has 0 heterocycles. The summed E-state index contributed by atoms with van der Waals surface area (Å²) in [5.41, 5.74) is -0.502. The maximum Gasteiger partial charge on any atom is 0.183 e. The van der Waals surface area contributed by atoms with Crippen molar-refractivity contribution in [3.8, 4) is 0 Å². The Morgan fingerprint density at radius 1 is 1.60 bits per heavy atom. The maximum absolute atomic E-state index is 7.75. The van der Waals surface area contributed by atoms with Crippen LogP contribution in [0.5, 0.6) is 0 Å². The van der Waals surface area contributed by atoms with E-state index in [1.54, 1.807) is 0 Å². The van der Waals surface area contributed by atoms with Gasteiger partial charge in [0.25, 0.3) is 0 Å². The monoisotopic (exact) mass is 145 g/mol. The van der Waals surface area contributed by atoms with Crippen molar-refractivity contribution >= 4 is 5.90 Å². The third-order valence-electron chi connectivity index (χ3n) is 0.878. The van der Waals surface area contributed by atoms with Gasteiger partial charge in [-0.15, -0.1) is 0 Å². The molecule has 0 aliphatic carbocycles. The second-order valence-corrected chi connectivity index (χ2v) is 3.11. The van der Waals surface area contributed by atoms with E-state index in [9.17, 15) is 0 Å². The zero-order valence-electron chi connectivity index (χ0n) is 9.36. The summed E-state index contributed by atoms with van der Waals surface area (Å²) in [6, 6.07) is 0. The molecule has 0 fully saturated rings. The van der Waals surface area contributed by atoms with Gasteiger partial charge in [-0.05, 0) is 5.41 Å². The highest BCUT2D eigenvalue weighted by Gasteiger charge is 2.13. The zero-order chi connectivity index (χ0) is 9.99. The number of rotatable bonds is 1. The van der Waals surface area contributed by atoms with E-state index in [-0.39, 0.29) is 5.90 Å². The van der Waals surface area contributed by atoms with Crippen LogP contribution in [0.3, 0.4) is 0 Å². The number of methoxy groups -OCH3 is 1. The van der Waals surface area contributed by atoms with Crippen molar-refractivity contribution in [2.24, 2.45) is 10.4 Å². The van der Waals surface area contributed by atoms with Crippen molar-refractivity contribution in [3.63, 3.8) is 0 Å². The second-order valence-electron chi connectivity index (χ2n) is 3.11. The summed E-state index contributed by atoms with van der Waals surface area (Å²) in [5.74, 6) is 0.148. The molecular formula is C8H17NO. The van der Waals surface area contributed by atoms with Gasteiger partial charge in [-0.3, -0.25) is 4.99 Å². The molecule has 0 spiro atoms. The van der Waals surface area contributed by atoms with Gasteiger partial charge in [0.2, 0.25) is 0 Å². The number of ether oxygens (including phenoxy) is 1. The molecule has 0 amide bonds. The lowest BCUT2D eigenvalue weighted by atomic mass is 9.92. The molecule has 0 aliphatic rings. The van der Waals surface area contributed by atoms with Gasteiger partial charge in [-0.1, -0.05) is 20.8 Å². The molecule has 0 aromatic heterocycles. The van der Waals surface area contributed by atoms with Crippen LogP contribution >= 0.6 is 0 Å². The first-order valence-electron chi connectivity index (χ1n) is 4.28. The van der Waals surface area contributed by atoms with Crippen molar-refractivity contribution in [2.75, 3.05) is 14.2 Å². The van der Waals surface area contributed by atoms with Crippen LogP contribution in [0, 0.1) is 5.41 Å². The molecule has 0 atom stereocenters. The first-order chi connectivity index (χ1) is 5.27. The fourth-order valence-electron chi connectivity index (χ4n) is 0.519. The molecular weight excluding hydrogens is 126 g/mol. The minimum Gasteiger partial charge on any atom is -0.484 e. The first kappa shape index (κ1) is 6.20. The predicted molar refractivity (Wildman–Crippen MR) is 44.4 cm³/mol. The molecule has 0 unspecified atom stereocenters. The van der Waals surface area contributed by atoms with E-state index in [1.807, 2.05) is 20.8 Å². The summed E-state index contributed by atoms with van der Waals surface area (Å²) in [5, 5.41) is 0. The molecule has 0 bridgehead atoms. The molecule has 60 valence electrons. The average molecular weight is 145 g/mol. The molecule has 10 heavy (non-hydrogen) atoms. The molecule has 2 heteroatoms. The molecule has 0 rings (SSSR count). The van der Waals surface area contributed by atoms with Crippen molar-refractivity contribution < 1.29 is 7.48 Å². The van der Waals surface area contributed by atoms with E-state index in [1.165, 1.54) is 14.2 Å². The zero-order valence-corrected chi connectivity index (χ0v) is 7.36. The minimum atomic E-state index is -1.52. The molecule has 0 aromatic rings. The van der Waals surface area contributed by atoms with Crippen LogP contribution in [0.2, 0.25) is 0 Å². The highest BCUT2D eigenvalue weighted by Crippen LogP contribution is 2.19. The van der Waals surface area contributed by atoms with Crippen LogP contribution in [0.25, 0.3) is 0 Å². The number of nitrogens with zero attached hydrogens (tertiary/aromatic N) is 1. The van der Waals surface area contributed by atoms with E-state index >= 15 is 0 Å². The Morgan fingerprint density at radius 2 is 2.10 bits per heavy atom. The lowest BCUT2D eigenvalue weighted by molar-refractivity contribution is 0.341. The Morgan fingerprint density at radius 3 is 2.20 bits per heavy atom. The largest absolute Gasteiger partial charge is 0.484 e. The van der Waals surface area contributed by atoms with Gasteiger partial charge in [-0.25, -0.2) is 0 Å². The smallest absolute Gasteiger partial charge is 0.183 e. The van der Waals surface area contributed by atoms with Gasteiger partial charge in [0.05, 0.1) is 7.11 Å². The fraction of sp³-hybridized carbons (Fsp3) is 0.875. The summed E-state index contributed by atoms with van der Waals surface area (Å²) >= 11 is 0. The lowest BCUT2D eigenvalue weighted by Gasteiger charge is -2.17. The summed E-state index contributed by atoms with van der Waals surface area (Å²) in [4.78, 5) is 3.76. The SMILES string of the molecule is [2H]C([2H])(C(=NC)OC)C(C)(C)C. The second kappa shape index (κ2) is 3.59. The van der Waals surface area contributed by atoms with Crippen LogP contribution in [-0.2, 0) is 4.74 Å². The van der Waals surface area contributed by atoms with E-state index < -0.39 is 11.8 Å². The summed E-state index contributed by atoms with van der Waals surface area (Å²) in [6.45, 7) is 5.45. The van der Waals surface area contributed by atoms with E-state index in [0.29, 0.717) is 0 Å². The molecule has 0 saturated heterocycles. The fourth-order valence-corrected chi connectivity index (χ4v) is 0.519. The van der Waals surface area contributed by atoms with Crippen LogP contribution in [0.4, 0.5) is 0 Å². The normalized spacial score (nSPS) is 17.9. The van der Waals surface area contributed by atoms with Crippen molar-refractivity contribution in [3.05, 3.63) is 0 Å². The summed E-state index contributed by atoms with van der Waals surface area (Å²) < 4.78 is 20.4. The first-order valence-corrected chi connectivity index (χ1v) is 3.28. The summed E-state index contributed by atoms with van der Waals surface area (Å²) in [7, 11) is 2.97. The van der Waals surface area contributed by atoms with Gasteiger partial charge in [0.15, 0.2) is 5.90 Å². The standard InChI is InChI=1S/C8H17NO/c1-8(2,3)6-7(9-4)10-5/h6H2,1-5H3/i6D2. The quantitative estimate of drug-likeness (QED) is 0.409. The van der Waals surface area contributed by atoms with Gasteiger partial charge in [-0.2, -0.15) is 0 Å². The lowest BCUT2D eigenvalue weighted by Crippen LogP contribution is -2.14. The minimum absolute atomic E-state index is 0.148. The van der Waals surface area contributed by atoms with Crippen LogP contribution in [0.15, 0.2) is 4.99 Å². The van der Waals surface area contributed by atoms with Crippen LogP contribution in [-0.4, -0.2) is 20.1 Å². The van der Waals surface area contributed by atoms with Crippen molar-refractivity contribution in [1.29, 1.82) is 0 Å². The van der Waals surface area contributed by atoms with Crippen molar-refractivity contribution in [2.45, 2.75) is 27.1 Å². The molecule has 0 radical (unpaired) electrons. The average Bonchev–Trinajstić information content (AvgIpc) is 1.87. The van der Waals surface area contributed by atoms with Gasteiger partial charge < -0.3 is 4.74 Å². The summed E-state index contributed by atoms with van der Waals surface area (Å²) in [6.07, 6.45) is -1.52. The van der Waals surface area contributed by atoms with Crippen LogP contribution in [0.1, 0.15) is 29.9 Å². The Kier molecular flexibility index (Phi) is 2.23. The Balaban J connectivity index is 4.84. The van der Waals surface area contributed by atoms with E-state index in [0.717, 1.165) is 0 Å². The third-order valence-corrected chi connectivity index (χ3v) is 0.878. The predicted octanol–water partition coefficient (Wildman–Crippen LogP) is 2.10. The van der Waals surface area contributed by atoms with Crippen LogP contribution < -0.4 is 0 Å².